The quantitative estimate of drug-likeness (QED) is 0.810. The summed E-state index contributed by atoms with van der Waals surface area (Å²) >= 11 is 0. The van der Waals surface area contributed by atoms with E-state index in [2.05, 4.69) is 20.9 Å². The van der Waals surface area contributed by atoms with Gasteiger partial charge in [0, 0.05) is 44.1 Å². The molecule has 2 heterocycles. The highest BCUT2D eigenvalue weighted by Gasteiger charge is 2.31. The van der Waals surface area contributed by atoms with Crippen LogP contribution in [0.5, 0.6) is 5.75 Å². The van der Waals surface area contributed by atoms with Gasteiger partial charge in [-0.25, -0.2) is 0 Å². The summed E-state index contributed by atoms with van der Waals surface area (Å²) in [5, 5.41) is 9.95. The number of nitrogens with zero attached hydrogens (tertiary/aromatic N) is 3. The van der Waals surface area contributed by atoms with Crippen LogP contribution in [-0.4, -0.2) is 58.6 Å². The average molecular weight is 369 g/mol. The lowest BCUT2D eigenvalue weighted by molar-refractivity contribution is -0.143. The number of ether oxygens (including phenoxy) is 1. The smallest absolute Gasteiger partial charge is 0.325 e. The SMILES string of the molecule is CCOc1ccccc1[C@H](C(=O)O)N1CCCN(Cc2cccnc2)CC1. The van der Waals surface area contributed by atoms with E-state index >= 15 is 0 Å². The van der Waals surface area contributed by atoms with Gasteiger partial charge < -0.3 is 9.84 Å². The lowest BCUT2D eigenvalue weighted by Crippen LogP contribution is -2.37. The topological polar surface area (TPSA) is 65.9 Å². The Morgan fingerprint density at radius 3 is 2.78 bits per heavy atom. The van der Waals surface area contributed by atoms with Crippen molar-refractivity contribution in [3.63, 3.8) is 0 Å². The van der Waals surface area contributed by atoms with Crippen molar-refractivity contribution in [3.8, 4) is 5.75 Å². The van der Waals surface area contributed by atoms with E-state index in [4.69, 9.17) is 4.74 Å². The maximum atomic E-state index is 12.1. The average Bonchev–Trinajstić information content (AvgIpc) is 2.90. The van der Waals surface area contributed by atoms with Gasteiger partial charge in [0.15, 0.2) is 0 Å². The molecule has 144 valence electrons. The first-order valence-corrected chi connectivity index (χ1v) is 9.49. The largest absolute Gasteiger partial charge is 0.494 e. The first kappa shape index (κ1) is 19.3. The molecule has 2 aromatic rings. The van der Waals surface area contributed by atoms with Crippen LogP contribution < -0.4 is 4.74 Å². The highest BCUT2D eigenvalue weighted by atomic mass is 16.5. The minimum Gasteiger partial charge on any atom is -0.494 e. The molecule has 0 aliphatic carbocycles. The molecule has 0 saturated carbocycles. The van der Waals surface area contributed by atoms with Crippen molar-refractivity contribution in [2.75, 3.05) is 32.8 Å². The molecule has 1 aliphatic heterocycles. The van der Waals surface area contributed by atoms with Crippen molar-refractivity contribution >= 4 is 5.97 Å². The number of hydrogen-bond acceptors (Lipinski definition) is 5. The number of carboxylic acid groups (broad SMARTS) is 1. The zero-order valence-electron chi connectivity index (χ0n) is 15.8. The number of hydrogen-bond donors (Lipinski definition) is 1. The van der Waals surface area contributed by atoms with E-state index < -0.39 is 12.0 Å². The predicted molar refractivity (Wildman–Crippen MR) is 104 cm³/mol. The second kappa shape index (κ2) is 9.48. The Balaban J connectivity index is 1.73. The lowest BCUT2D eigenvalue weighted by Gasteiger charge is -2.29. The second-order valence-corrected chi connectivity index (χ2v) is 6.74. The summed E-state index contributed by atoms with van der Waals surface area (Å²) in [6.07, 6.45) is 4.60. The third kappa shape index (κ3) is 5.05. The first-order chi connectivity index (χ1) is 13.2. The molecule has 27 heavy (non-hydrogen) atoms. The fourth-order valence-electron chi connectivity index (χ4n) is 3.64. The van der Waals surface area contributed by atoms with E-state index in [1.165, 1.54) is 5.56 Å². The van der Waals surface area contributed by atoms with E-state index in [1.807, 2.05) is 43.5 Å². The molecule has 0 spiro atoms. The number of aromatic nitrogens is 1. The molecular formula is C21H27N3O3. The molecule has 1 aromatic carbocycles. The van der Waals surface area contributed by atoms with Crippen LogP contribution in [0, 0.1) is 0 Å². The number of pyridine rings is 1. The monoisotopic (exact) mass is 369 g/mol. The van der Waals surface area contributed by atoms with E-state index in [0.29, 0.717) is 18.9 Å². The van der Waals surface area contributed by atoms with Gasteiger partial charge in [-0.2, -0.15) is 0 Å². The molecule has 1 aromatic heterocycles. The third-order valence-electron chi connectivity index (χ3n) is 4.86. The van der Waals surface area contributed by atoms with Gasteiger partial charge in [0.1, 0.15) is 11.8 Å². The molecule has 1 N–H and O–H groups in total. The molecule has 0 radical (unpaired) electrons. The van der Waals surface area contributed by atoms with Crippen LogP contribution in [0.1, 0.15) is 30.5 Å². The molecule has 0 bridgehead atoms. The van der Waals surface area contributed by atoms with Gasteiger partial charge in [0.05, 0.1) is 6.61 Å². The summed E-state index contributed by atoms with van der Waals surface area (Å²) in [6.45, 7) is 6.50. The summed E-state index contributed by atoms with van der Waals surface area (Å²) in [4.78, 5) is 20.7. The standard InChI is InChI=1S/C21H27N3O3/c1-2-27-19-9-4-3-8-18(19)20(21(25)26)24-12-6-11-23(13-14-24)16-17-7-5-10-22-15-17/h3-5,7-10,15,20H,2,6,11-14,16H2,1H3,(H,25,26)/t20-/m1/s1. The van der Waals surface area contributed by atoms with Crippen molar-refractivity contribution in [3.05, 3.63) is 59.9 Å². The van der Waals surface area contributed by atoms with Gasteiger partial charge >= 0.3 is 5.97 Å². The van der Waals surface area contributed by atoms with Gasteiger partial charge in [-0.05, 0) is 37.6 Å². The molecule has 1 saturated heterocycles. The van der Waals surface area contributed by atoms with Crippen LogP contribution in [-0.2, 0) is 11.3 Å². The van der Waals surface area contributed by atoms with Crippen molar-refractivity contribution < 1.29 is 14.6 Å². The Labute approximate surface area is 160 Å². The molecule has 1 atom stereocenters. The Hall–Kier alpha value is -2.44. The van der Waals surface area contributed by atoms with Crippen LogP contribution >= 0.6 is 0 Å². The maximum Gasteiger partial charge on any atom is 0.325 e. The minimum absolute atomic E-state index is 0.516. The highest BCUT2D eigenvalue weighted by molar-refractivity contribution is 5.76. The van der Waals surface area contributed by atoms with Gasteiger partial charge in [0.2, 0.25) is 0 Å². The summed E-state index contributed by atoms with van der Waals surface area (Å²) in [7, 11) is 0. The molecule has 6 heteroatoms. The lowest BCUT2D eigenvalue weighted by atomic mass is 10.0. The Morgan fingerprint density at radius 2 is 2.04 bits per heavy atom. The number of benzene rings is 1. The van der Waals surface area contributed by atoms with E-state index in [9.17, 15) is 9.90 Å². The van der Waals surface area contributed by atoms with Crippen LogP contribution in [0.2, 0.25) is 0 Å². The van der Waals surface area contributed by atoms with E-state index in [1.54, 1.807) is 6.20 Å². The minimum atomic E-state index is -0.831. The number of rotatable bonds is 7. The fourth-order valence-corrected chi connectivity index (χ4v) is 3.64. The molecule has 1 fully saturated rings. The molecule has 0 amide bonds. The molecular weight excluding hydrogens is 342 g/mol. The number of para-hydroxylation sites is 1. The van der Waals surface area contributed by atoms with Crippen LogP contribution in [0.3, 0.4) is 0 Å². The van der Waals surface area contributed by atoms with Crippen LogP contribution in [0.4, 0.5) is 0 Å². The summed E-state index contributed by atoms with van der Waals surface area (Å²) in [6, 6.07) is 10.8. The molecule has 3 rings (SSSR count). The first-order valence-electron chi connectivity index (χ1n) is 9.49. The Bertz CT molecular complexity index is 738. The van der Waals surface area contributed by atoms with Crippen molar-refractivity contribution in [1.29, 1.82) is 0 Å². The van der Waals surface area contributed by atoms with E-state index in [-0.39, 0.29) is 0 Å². The number of aliphatic carboxylic acids is 1. The fraction of sp³-hybridized carbons (Fsp3) is 0.429. The van der Waals surface area contributed by atoms with Crippen molar-refractivity contribution in [2.24, 2.45) is 0 Å². The summed E-state index contributed by atoms with van der Waals surface area (Å²) in [5.41, 5.74) is 1.91. The van der Waals surface area contributed by atoms with Crippen LogP contribution in [0.15, 0.2) is 48.8 Å². The molecule has 1 aliphatic rings. The zero-order chi connectivity index (χ0) is 19.1. The van der Waals surface area contributed by atoms with Gasteiger partial charge in [0.25, 0.3) is 0 Å². The zero-order valence-corrected chi connectivity index (χ0v) is 15.8. The second-order valence-electron chi connectivity index (χ2n) is 6.74. The summed E-state index contributed by atoms with van der Waals surface area (Å²) in [5.74, 6) is -0.174. The third-order valence-corrected chi connectivity index (χ3v) is 4.86. The Morgan fingerprint density at radius 1 is 1.19 bits per heavy atom. The molecule has 6 nitrogen and oxygen atoms in total. The normalized spacial score (nSPS) is 17.2. The maximum absolute atomic E-state index is 12.1. The highest BCUT2D eigenvalue weighted by Crippen LogP contribution is 2.30. The van der Waals surface area contributed by atoms with E-state index in [0.717, 1.165) is 38.2 Å². The number of carboxylic acids is 1. The van der Waals surface area contributed by atoms with Gasteiger partial charge in [-0.3, -0.25) is 19.6 Å². The van der Waals surface area contributed by atoms with Crippen molar-refractivity contribution in [2.45, 2.75) is 25.9 Å². The van der Waals surface area contributed by atoms with Gasteiger partial charge in [-0.1, -0.05) is 24.3 Å². The number of carbonyl (C=O) groups is 1. The van der Waals surface area contributed by atoms with Crippen LogP contribution in [0.25, 0.3) is 0 Å². The van der Waals surface area contributed by atoms with Crippen molar-refractivity contribution in [1.82, 2.24) is 14.8 Å². The predicted octanol–water partition coefficient (Wildman–Crippen LogP) is 2.81. The Kier molecular flexibility index (Phi) is 6.79. The summed E-state index contributed by atoms with van der Waals surface area (Å²) < 4.78 is 5.68. The van der Waals surface area contributed by atoms with Gasteiger partial charge in [-0.15, -0.1) is 0 Å². The molecule has 0 unspecified atom stereocenters.